The highest BCUT2D eigenvalue weighted by molar-refractivity contribution is 8.00. The summed E-state index contributed by atoms with van der Waals surface area (Å²) in [5.74, 6) is 0.796. The van der Waals surface area contributed by atoms with Crippen molar-refractivity contribution >= 4 is 34.4 Å². The Kier molecular flexibility index (Phi) is 6.09. The molecule has 7 heteroatoms. The molecule has 6 nitrogen and oxygen atoms in total. The summed E-state index contributed by atoms with van der Waals surface area (Å²) in [4.78, 5) is 21.5. The Hall–Kier alpha value is -1.86. The number of carbonyl (C=O) groups is 1. The predicted octanol–water partition coefficient (Wildman–Crippen LogP) is 2.84. The molecule has 2 aromatic rings. The SMILES string of the molecule is CCNc1nc(SC(C)C(=O)NCC2CCCO2)nc2ccccc12. The first-order chi connectivity index (χ1) is 12.2. The fraction of sp³-hybridized carbons (Fsp3) is 0.500. The van der Waals surface area contributed by atoms with Gasteiger partial charge in [-0.15, -0.1) is 0 Å². The summed E-state index contributed by atoms with van der Waals surface area (Å²) in [7, 11) is 0. The standard InChI is InChI=1S/C18H24N4O2S/c1-3-19-16-14-8-4-5-9-15(14)21-18(22-16)25-12(2)17(23)20-11-13-7-6-10-24-13/h4-5,8-9,12-13H,3,6-7,10-11H2,1-2H3,(H,20,23)(H,19,21,22). The number of hydrogen-bond donors (Lipinski definition) is 2. The Morgan fingerprint density at radius 1 is 1.40 bits per heavy atom. The Balaban J connectivity index is 1.67. The number of ether oxygens (including phenoxy) is 1. The van der Waals surface area contributed by atoms with Crippen LogP contribution in [-0.4, -0.2) is 46.9 Å². The summed E-state index contributed by atoms with van der Waals surface area (Å²) >= 11 is 1.37. The zero-order valence-electron chi connectivity index (χ0n) is 14.6. The van der Waals surface area contributed by atoms with E-state index in [1.807, 2.05) is 38.1 Å². The van der Waals surface area contributed by atoms with Crippen LogP contribution in [0.4, 0.5) is 5.82 Å². The van der Waals surface area contributed by atoms with Crippen LogP contribution in [0, 0.1) is 0 Å². The Morgan fingerprint density at radius 3 is 3.00 bits per heavy atom. The number of rotatable bonds is 7. The number of hydrogen-bond acceptors (Lipinski definition) is 6. The number of para-hydroxylation sites is 1. The van der Waals surface area contributed by atoms with E-state index >= 15 is 0 Å². The van der Waals surface area contributed by atoms with Crippen LogP contribution >= 0.6 is 11.8 Å². The van der Waals surface area contributed by atoms with Gasteiger partial charge in [0.1, 0.15) is 5.82 Å². The van der Waals surface area contributed by atoms with Crippen molar-refractivity contribution in [1.82, 2.24) is 15.3 Å². The monoisotopic (exact) mass is 360 g/mol. The molecule has 1 aliphatic heterocycles. The molecule has 0 aliphatic carbocycles. The number of nitrogens with zero attached hydrogens (tertiary/aromatic N) is 2. The van der Waals surface area contributed by atoms with Gasteiger partial charge in [-0.3, -0.25) is 4.79 Å². The van der Waals surface area contributed by atoms with Crippen LogP contribution in [0.2, 0.25) is 0 Å². The maximum absolute atomic E-state index is 12.3. The van der Waals surface area contributed by atoms with E-state index < -0.39 is 0 Å². The number of thioether (sulfide) groups is 1. The van der Waals surface area contributed by atoms with E-state index in [1.54, 1.807) is 0 Å². The Bertz CT molecular complexity index is 734. The Labute approximate surface area is 152 Å². The van der Waals surface area contributed by atoms with Gasteiger partial charge in [0.25, 0.3) is 0 Å². The molecule has 2 N–H and O–H groups in total. The zero-order chi connectivity index (χ0) is 17.6. The lowest BCUT2D eigenvalue weighted by Crippen LogP contribution is -2.36. The minimum atomic E-state index is -0.267. The number of benzene rings is 1. The third kappa shape index (κ3) is 4.61. The fourth-order valence-electron chi connectivity index (χ4n) is 2.79. The highest BCUT2D eigenvalue weighted by atomic mass is 32.2. The molecule has 2 atom stereocenters. The van der Waals surface area contributed by atoms with Gasteiger partial charge in [0, 0.05) is 25.1 Å². The van der Waals surface area contributed by atoms with Crippen LogP contribution in [0.5, 0.6) is 0 Å². The third-order valence-corrected chi connectivity index (χ3v) is 5.07. The second kappa shape index (κ2) is 8.49. The van der Waals surface area contributed by atoms with Crippen LogP contribution in [0.1, 0.15) is 26.7 Å². The molecule has 0 saturated carbocycles. The van der Waals surface area contributed by atoms with E-state index in [1.165, 1.54) is 11.8 Å². The predicted molar refractivity (Wildman–Crippen MR) is 101 cm³/mol. The second-order valence-electron chi connectivity index (χ2n) is 6.04. The highest BCUT2D eigenvalue weighted by Crippen LogP contribution is 2.26. The van der Waals surface area contributed by atoms with Crippen molar-refractivity contribution in [3.63, 3.8) is 0 Å². The highest BCUT2D eigenvalue weighted by Gasteiger charge is 2.20. The fourth-order valence-corrected chi connectivity index (χ4v) is 3.59. The van der Waals surface area contributed by atoms with E-state index in [0.29, 0.717) is 11.7 Å². The van der Waals surface area contributed by atoms with Crippen molar-refractivity contribution in [3.05, 3.63) is 24.3 Å². The van der Waals surface area contributed by atoms with Crippen molar-refractivity contribution < 1.29 is 9.53 Å². The van der Waals surface area contributed by atoms with Gasteiger partial charge in [-0.1, -0.05) is 23.9 Å². The molecule has 25 heavy (non-hydrogen) atoms. The van der Waals surface area contributed by atoms with E-state index in [4.69, 9.17) is 4.74 Å². The molecule has 2 unspecified atom stereocenters. The number of nitrogens with one attached hydrogen (secondary N) is 2. The van der Waals surface area contributed by atoms with Gasteiger partial charge in [-0.2, -0.15) is 0 Å². The lowest BCUT2D eigenvalue weighted by atomic mass is 10.2. The largest absolute Gasteiger partial charge is 0.376 e. The lowest BCUT2D eigenvalue weighted by molar-refractivity contribution is -0.120. The maximum atomic E-state index is 12.3. The number of amides is 1. The molecule has 1 aliphatic rings. The third-order valence-electron chi connectivity index (χ3n) is 4.11. The van der Waals surface area contributed by atoms with Crippen LogP contribution in [0.25, 0.3) is 10.9 Å². The molecular weight excluding hydrogens is 336 g/mol. The smallest absolute Gasteiger partial charge is 0.233 e. The van der Waals surface area contributed by atoms with Gasteiger partial charge in [0.2, 0.25) is 5.91 Å². The van der Waals surface area contributed by atoms with Crippen molar-refractivity contribution in [1.29, 1.82) is 0 Å². The molecular formula is C18H24N4O2S. The molecule has 2 heterocycles. The molecule has 1 aromatic carbocycles. The number of aromatic nitrogens is 2. The average molecular weight is 360 g/mol. The van der Waals surface area contributed by atoms with E-state index in [9.17, 15) is 4.79 Å². The van der Waals surface area contributed by atoms with Crippen LogP contribution in [-0.2, 0) is 9.53 Å². The van der Waals surface area contributed by atoms with Crippen molar-refractivity contribution in [2.75, 3.05) is 25.0 Å². The molecule has 1 saturated heterocycles. The molecule has 0 radical (unpaired) electrons. The minimum absolute atomic E-state index is 0.0118. The van der Waals surface area contributed by atoms with Crippen LogP contribution in [0.15, 0.2) is 29.4 Å². The van der Waals surface area contributed by atoms with Crippen LogP contribution < -0.4 is 10.6 Å². The van der Waals surface area contributed by atoms with Gasteiger partial charge in [-0.05, 0) is 38.8 Å². The van der Waals surface area contributed by atoms with E-state index in [2.05, 4.69) is 20.6 Å². The van der Waals surface area contributed by atoms with Crippen molar-refractivity contribution in [2.45, 2.75) is 43.2 Å². The number of carbonyl (C=O) groups excluding carboxylic acids is 1. The van der Waals surface area contributed by atoms with Crippen molar-refractivity contribution in [2.24, 2.45) is 0 Å². The zero-order valence-corrected chi connectivity index (χ0v) is 15.4. The first-order valence-corrected chi connectivity index (χ1v) is 9.62. The average Bonchev–Trinajstić information content (AvgIpc) is 3.13. The van der Waals surface area contributed by atoms with E-state index in [-0.39, 0.29) is 17.3 Å². The first-order valence-electron chi connectivity index (χ1n) is 8.74. The summed E-state index contributed by atoms with van der Waals surface area (Å²) in [6.07, 6.45) is 2.24. The van der Waals surface area contributed by atoms with Gasteiger partial charge in [0.15, 0.2) is 5.16 Å². The van der Waals surface area contributed by atoms with Crippen LogP contribution in [0.3, 0.4) is 0 Å². The second-order valence-corrected chi connectivity index (χ2v) is 7.35. The molecule has 1 aromatic heterocycles. The number of anilines is 1. The van der Waals surface area contributed by atoms with Gasteiger partial charge >= 0.3 is 0 Å². The quantitative estimate of drug-likeness (QED) is 0.584. The maximum Gasteiger partial charge on any atom is 0.233 e. The molecule has 0 bridgehead atoms. The number of fused-ring (bicyclic) bond motifs is 1. The normalized spacial score (nSPS) is 18.2. The summed E-state index contributed by atoms with van der Waals surface area (Å²) in [6.45, 7) is 6.06. The van der Waals surface area contributed by atoms with Gasteiger partial charge < -0.3 is 15.4 Å². The topological polar surface area (TPSA) is 76.1 Å². The summed E-state index contributed by atoms with van der Waals surface area (Å²) in [5, 5.41) is 7.57. The van der Waals surface area contributed by atoms with Gasteiger partial charge in [-0.25, -0.2) is 9.97 Å². The lowest BCUT2D eigenvalue weighted by Gasteiger charge is -2.15. The molecule has 1 fully saturated rings. The van der Waals surface area contributed by atoms with Crippen molar-refractivity contribution in [3.8, 4) is 0 Å². The Morgan fingerprint density at radius 2 is 2.24 bits per heavy atom. The van der Waals surface area contributed by atoms with E-state index in [0.717, 1.165) is 42.7 Å². The molecule has 1 amide bonds. The summed E-state index contributed by atoms with van der Waals surface area (Å²) < 4.78 is 5.54. The summed E-state index contributed by atoms with van der Waals surface area (Å²) in [5.41, 5.74) is 0.878. The first kappa shape index (κ1) is 17.9. The molecule has 3 rings (SSSR count). The molecule has 0 spiro atoms. The summed E-state index contributed by atoms with van der Waals surface area (Å²) in [6, 6.07) is 7.89. The van der Waals surface area contributed by atoms with Gasteiger partial charge in [0.05, 0.1) is 16.9 Å². The molecule has 134 valence electrons. The minimum Gasteiger partial charge on any atom is -0.376 e.